The zero-order chi connectivity index (χ0) is 17.2. The molecular weight excluding hydrogens is 324 g/mol. The standard InChI is InChI=1S/C18H15F2N5/c19-15-6-5-14(9-16(15)20)22-17-10-21-24-18(23-17)25-8-7-12-3-1-2-4-13(12)11-25/h1-6,9-10H,7-8,11H2,(H,22,23,24). The lowest BCUT2D eigenvalue weighted by molar-refractivity contribution is 0.509. The topological polar surface area (TPSA) is 53.9 Å². The maximum atomic E-state index is 13.3. The number of halogens is 2. The first-order valence-electron chi connectivity index (χ1n) is 7.92. The highest BCUT2D eigenvalue weighted by Crippen LogP contribution is 2.23. The van der Waals surface area contributed by atoms with E-state index in [0.717, 1.165) is 25.1 Å². The fraction of sp³-hybridized carbons (Fsp3) is 0.167. The highest BCUT2D eigenvalue weighted by atomic mass is 19.2. The summed E-state index contributed by atoms with van der Waals surface area (Å²) >= 11 is 0. The van der Waals surface area contributed by atoms with E-state index in [-0.39, 0.29) is 0 Å². The molecule has 1 aromatic heterocycles. The van der Waals surface area contributed by atoms with Gasteiger partial charge in [-0.15, -0.1) is 5.10 Å². The molecule has 0 saturated carbocycles. The Labute approximate surface area is 143 Å². The van der Waals surface area contributed by atoms with Crippen LogP contribution in [-0.2, 0) is 13.0 Å². The minimum Gasteiger partial charge on any atom is -0.339 e. The Morgan fingerprint density at radius 3 is 2.68 bits per heavy atom. The third-order valence-corrected chi connectivity index (χ3v) is 4.15. The fourth-order valence-electron chi connectivity index (χ4n) is 2.88. The smallest absolute Gasteiger partial charge is 0.247 e. The van der Waals surface area contributed by atoms with Crippen LogP contribution in [-0.4, -0.2) is 21.7 Å². The molecular formula is C18H15F2N5. The van der Waals surface area contributed by atoms with Crippen molar-refractivity contribution in [3.8, 4) is 0 Å². The van der Waals surface area contributed by atoms with E-state index in [1.54, 1.807) is 0 Å². The van der Waals surface area contributed by atoms with Gasteiger partial charge in [-0.1, -0.05) is 24.3 Å². The molecule has 7 heteroatoms. The predicted octanol–water partition coefficient (Wildman–Crippen LogP) is 3.46. The second-order valence-electron chi connectivity index (χ2n) is 5.84. The normalized spacial score (nSPS) is 13.4. The average molecular weight is 339 g/mol. The fourth-order valence-corrected chi connectivity index (χ4v) is 2.88. The Hall–Kier alpha value is -3.09. The maximum absolute atomic E-state index is 13.3. The zero-order valence-electron chi connectivity index (χ0n) is 13.3. The maximum Gasteiger partial charge on any atom is 0.247 e. The number of anilines is 3. The Balaban J connectivity index is 1.55. The average Bonchev–Trinajstić information content (AvgIpc) is 2.65. The molecule has 0 spiro atoms. The van der Waals surface area contributed by atoms with Gasteiger partial charge in [-0.3, -0.25) is 0 Å². The predicted molar refractivity (Wildman–Crippen MR) is 90.7 cm³/mol. The summed E-state index contributed by atoms with van der Waals surface area (Å²) in [6, 6.07) is 11.9. The summed E-state index contributed by atoms with van der Waals surface area (Å²) in [5.74, 6) is -0.879. The van der Waals surface area contributed by atoms with Gasteiger partial charge < -0.3 is 10.2 Å². The van der Waals surface area contributed by atoms with Crippen molar-refractivity contribution in [1.29, 1.82) is 0 Å². The number of aromatic nitrogens is 3. The molecule has 2 aromatic carbocycles. The Kier molecular flexibility index (Phi) is 3.97. The Morgan fingerprint density at radius 1 is 1.00 bits per heavy atom. The molecule has 126 valence electrons. The quantitative estimate of drug-likeness (QED) is 0.792. The Bertz CT molecular complexity index is 915. The lowest BCUT2D eigenvalue weighted by atomic mass is 10.0. The minimum absolute atomic E-state index is 0.398. The molecule has 1 aliphatic heterocycles. The van der Waals surface area contributed by atoms with E-state index < -0.39 is 11.6 Å². The first-order valence-corrected chi connectivity index (χ1v) is 7.92. The molecule has 0 amide bonds. The number of hydrogen-bond donors (Lipinski definition) is 1. The van der Waals surface area contributed by atoms with Gasteiger partial charge in [-0.05, 0) is 29.7 Å². The molecule has 0 radical (unpaired) electrons. The first-order chi connectivity index (χ1) is 12.2. The van der Waals surface area contributed by atoms with E-state index in [4.69, 9.17) is 0 Å². The van der Waals surface area contributed by atoms with E-state index in [9.17, 15) is 8.78 Å². The van der Waals surface area contributed by atoms with Crippen LogP contribution in [0, 0.1) is 11.6 Å². The molecule has 1 N–H and O–H groups in total. The van der Waals surface area contributed by atoms with Crippen molar-refractivity contribution in [3.05, 3.63) is 71.4 Å². The molecule has 4 rings (SSSR count). The molecule has 1 aliphatic rings. The van der Waals surface area contributed by atoms with Gasteiger partial charge in [0.1, 0.15) is 0 Å². The number of nitrogens with zero attached hydrogens (tertiary/aromatic N) is 4. The van der Waals surface area contributed by atoms with Gasteiger partial charge >= 0.3 is 0 Å². The second-order valence-corrected chi connectivity index (χ2v) is 5.84. The summed E-state index contributed by atoms with van der Waals surface area (Å²) in [7, 11) is 0. The molecule has 25 heavy (non-hydrogen) atoms. The Morgan fingerprint density at radius 2 is 1.84 bits per heavy atom. The minimum atomic E-state index is -0.917. The van der Waals surface area contributed by atoms with Crippen LogP contribution in [0.5, 0.6) is 0 Å². The van der Waals surface area contributed by atoms with Gasteiger partial charge in [0.2, 0.25) is 5.95 Å². The van der Waals surface area contributed by atoms with Crippen LogP contribution in [0.4, 0.5) is 26.2 Å². The van der Waals surface area contributed by atoms with Gasteiger partial charge in [0.15, 0.2) is 17.5 Å². The van der Waals surface area contributed by atoms with Gasteiger partial charge in [-0.2, -0.15) is 10.1 Å². The van der Waals surface area contributed by atoms with Crippen LogP contribution in [0.15, 0.2) is 48.7 Å². The first kappa shape index (κ1) is 15.4. The molecule has 0 fully saturated rings. The lowest BCUT2D eigenvalue weighted by Crippen LogP contribution is -2.32. The summed E-state index contributed by atoms with van der Waals surface area (Å²) in [5.41, 5.74) is 2.98. The van der Waals surface area contributed by atoms with Crippen LogP contribution in [0.1, 0.15) is 11.1 Å². The van der Waals surface area contributed by atoms with Crippen molar-refractivity contribution in [1.82, 2.24) is 15.2 Å². The van der Waals surface area contributed by atoms with Gasteiger partial charge in [0.25, 0.3) is 0 Å². The number of benzene rings is 2. The third kappa shape index (κ3) is 3.26. The van der Waals surface area contributed by atoms with Gasteiger partial charge in [-0.25, -0.2) is 8.78 Å². The van der Waals surface area contributed by atoms with Gasteiger partial charge in [0, 0.05) is 24.8 Å². The molecule has 0 aliphatic carbocycles. The molecule has 5 nitrogen and oxygen atoms in total. The van der Waals surface area contributed by atoms with E-state index >= 15 is 0 Å². The summed E-state index contributed by atoms with van der Waals surface area (Å²) < 4.78 is 26.3. The molecule has 0 saturated heterocycles. The van der Waals surface area contributed by atoms with E-state index in [1.807, 2.05) is 17.0 Å². The van der Waals surface area contributed by atoms with Crippen LogP contribution in [0.2, 0.25) is 0 Å². The highest BCUT2D eigenvalue weighted by Gasteiger charge is 2.18. The summed E-state index contributed by atoms with van der Waals surface area (Å²) in [5, 5.41) is 11.0. The van der Waals surface area contributed by atoms with Crippen molar-refractivity contribution in [2.24, 2.45) is 0 Å². The molecule has 2 heterocycles. The van der Waals surface area contributed by atoms with Crippen molar-refractivity contribution >= 4 is 17.5 Å². The molecule has 0 bridgehead atoms. The van der Waals surface area contributed by atoms with Gasteiger partial charge in [0.05, 0.1) is 6.20 Å². The van der Waals surface area contributed by atoms with Crippen LogP contribution in [0.3, 0.4) is 0 Å². The van der Waals surface area contributed by atoms with Crippen molar-refractivity contribution < 1.29 is 8.78 Å². The van der Waals surface area contributed by atoms with E-state index in [0.29, 0.717) is 24.0 Å². The second kappa shape index (κ2) is 6.43. The SMILES string of the molecule is Fc1ccc(Nc2cnnc(N3CCc4ccccc4C3)n2)cc1F. The highest BCUT2D eigenvalue weighted by molar-refractivity contribution is 5.56. The molecule has 3 aromatic rings. The van der Waals surface area contributed by atoms with Crippen LogP contribution >= 0.6 is 0 Å². The van der Waals surface area contributed by atoms with E-state index in [1.165, 1.54) is 23.4 Å². The summed E-state index contributed by atoms with van der Waals surface area (Å²) in [6.45, 7) is 1.51. The number of rotatable bonds is 3. The number of nitrogens with one attached hydrogen (secondary N) is 1. The monoisotopic (exact) mass is 339 g/mol. The van der Waals surface area contributed by atoms with Crippen molar-refractivity contribution in [2.75, 3.05) is 16.8 Å². The van der Waals surface area contributed by atoms with Crippen LogP contribution in [0.25, 0.3) is 0 Å². The largest absolute Gasteiger partial charge is 0.339 e. The summed E-state index contributed by atoms with van der Waals surface area (Å²) in [6.07, 6.45) is 2.36. The molecule has 0 atom stereocenters. The van der Waals surface area contributed by atoms with E-state index in [2.05, 4.69) is 32.6 Å². The third-order valence-electron chi connectivity index (χ3n) is 4.15. The zero-order valence-corrected chi connectivity index (χ0v) is 13.3. The van der Waals surface area contributed by atoms with Crippen molar-refractivity contribution in [2.45, 2.75) is 13.0 Å². The van der Waals surface area contributed by atoms with Crippen molar-refractivity contribution in [3.63, 3.8) is 0 Å². The lowest BCUT2D eigenvalue weighted by Gasteiger charge is -2.28. The number of hydrogen-bond acceptors (Lipinski definition) is 5. The number of fused-ring (bicyclic) bond motifs is 1. The van der Waals surface area contributed by atoms with Crippen LogP contribution < -0.4 is 10.2 Å². The molecule has 0 unspecified atom stereocenters. The summed E-state index contributed by atoms with van der Waals surface area (Å²) in [4.78, 5) is 6.49.